The van der Waals surface area contributed by atoms with Gasteiger partial charge in [-0.1, -0.05) is 12.1 Å². The molecule has 0 aliphatic rings. The maximum Gasteiger partial charge on any atom is 0.357 e. The lowest BCUT2D eigenvalue weighted by Gasteiger charge is -2.10. The number of hydrogen-bond donors (Lipinski definition) is 2. The Morgan fingerprint density at radius 1 is 1.40 bits per heavy atom. The molecule has 0 amide bonds. The summed E-state index contributed by atoms with van der Waals surface area (Å²) < 4.78 is 31.7. The second-order valence-electron chi connectivity index (χ2n) is 3.59. The zero-order valence-electron chi connectivity index (χ0n) is 10.2. The maximum absolute atomic E-state index is 12.2. The first-order valence-electron chi connectivity index (χ1n) is 5.28. The van der Waals surface area contributed by atoms with E-state index < -0.39 is 16.0 Å². The monoisotopic (exact) mass is 314 g/mol. The van der Waals surface area contributed by atoms with Crippen LogP contribution < -0.4 is 9.46 Å². The molecule has 106 valence electrons. The lowest BCUT2D eigenvalue weighted by atomic mass is 10.3. The van der Waals surface area contributed by atoms with Crippen LogP contribution in [-0.2, 0) is 10.0 Å². The first kappa shape index (κ1) is 14.3. The molecule has 0 saturated heterocycles. The molecule has 0 aliphatic carbocycles. The van der Waals surface area contributed by atoms with Gasteiger partial charge in [0.05, 0.1) is 12.6 Å². The number of carboxylic acids is 1. The fourth-order valence-corrected chi connectivity index (χ4v) is 3.65. The highest BCUT2D eigenvalue weighted by Gasteiger charge is 2.23. The fraction of sp³-hybridized carbons (Fsp3) is 0.0909. The summed E-state index contributed by atoms with van der Waals surface area (Å²) in [6.45, 7) is 0. The molecule has 0 atom stereocenters. The Morgan fingerprint density at radius 2 is 2.10 bits per heavy atom. The maximum atomic E-state index is 12.2. The van der Waals surface area contributed by atoms with Gasteiger partial charge in [-0.2, -0.15) is 0 Å². The molecule has 0 aliphatic heterocycles. The van der Waals surface area contributed by atoms with Gasteiger partial charge in [-0.05, 0) is 12.1 Å². The third kappa shape index (κ3) is 2.73. The van der Waals surface area contributed by atoms with E-state index in [9.17, 15) is 13.2 Å². The first-order valence-corrected chi connectivity index (χ1v) is 7.64. The van der Waals surface area contributed by atoms with Crippen LogP contribution in [0.3, 0.4) is 0 Å². The van der Waals surface area contributed by atoms with Crippen LogP contribution in [0, 0.1) is 0 Å². The number of nitrogens with one attached hydrogen (secondary N) is 1. The molecule has 0 unspecified atom stereocenters. The molecular weight excluding hydrogens is 304 g/mol. The number of carbonyl (C=O) groups is 1. The van der Waals surface area contributed by atoms with E-state index in [1.807, 2.05) is 0 Å². The number of methoxy groups -OCH3 is 1. The molecule has 9 heteroatoms. The largest absolute Gasteiger partial charge is 0.495 e. The number of ether oxygens (including phenoxy) is 1. The summed E-state index contributed by atoms with van der Waals surface area (Å²) in [5.41, 5.74) is 0.914. The molecule has 20 heavy (non-hydrogen) atoms. The van der Waals surface area contributed by atoms with Crippen LogP contribution in [0.2, 0.25) is 0 Å². The van der Waals surface area contributed by atoms with Crippen LogP contribution in [0.15, 0.2) is 34.7 Å². The SMILES string of the molecule is COc1ccccc1S(=O)(=O)Nc1scnc1C(=O)O. The number of rotatable bonds is 5. The van der Waals surface area contributed by atoms with Gasteiger partial charge in [0.25, 0.3) is 10.0 Å². The number of thiazole rings is 1. The van der Waals surface area contributed by atoms with Gasteiger partial charge in [0.1, 0.15) is 15.6 Å². The standard InChI is InChI=1S/C11H10N2O5S2/c1-18-7-4-2-3-5-8(7)20(16,17)13-10-9(11(14)15)12-6-19-10/h2-6,13H,1H3,(H,14,15). The summed E-state index contributed by atoms with van der Waals surface area (Å²) in [6, 6.07) is 6.04. The highest BCUT2D eigenvalue weighted by Crippen LogP contribution is 2.28. The number of anilines is 1. The Balaban J connectivity index is 2.41. The second-order valence-corrected chi connectivity index (χ2v) is 6.10. The van der Waals surface area contributed by atoms with Gasteiger partial charge in [-0.15, -0.1) is 11.3 Å². The van der Waals surface area contributed by atoms with Gasteiger partial charge in [-0.3, -0.25) is 4.72 Å². The summed E-state index contributed by atoms with van der Waals surface area (Å²) in [4.78, 5) is 14.4. The van der Waals surface area contributed by atoms with E-state index in [1.165, 1.54) is 24.8 Å². The Morgan fingerprint density at radius 3 is 2.75 bits per heavy atom. The van der Waals surface area contributed by atoms with E-state index >= 15 is 0 Å². The van der Waals surface area contributed by atoms with E-state index in [-0.39, 0.29) is 21.3 Å². The normalized spacial score (nSPS) is 11.1. The first-order chi connectivity index (χ1) is 9.45. The van der Waals surface area contributed by atoms with Crippen LogP contribution in [0.1, 0.15) is 10.5 Å². The van der Waals surface area contributed by atoms with Crippen molar-refractivity contribution in [1.82, 2.24) is 4.98 Å². The highest BCUT2D eigenvalue weighted by molar-refractivity contribution is 7.93. The van der Waals surface area contributed by atoms with Crippen molar-refractivity contribution in [3.05, 3.63) is 35.5 Å². The average molecular weight is 314 g/mol. The van der Waals surface area contributed by atoms with Gasteiger partial charge >= 0.3 is 5.97 Å². The molecule has 2 aromatic rings. The number of aromatic nitrogens is 1. The molecule has 0 bridgehead atoms. The molecule has 0 fully saturated rings. The lowest BCUT2D eigenvalue weighted by Crippen LogP contribution is -2.15. The zero-order valence-corrected chi connectivity index (χ0v) is 11.9. The number of para-hydroxylation sites is 1. The zero-order chi connectivity index (χ0) is 14.8. The van der Waals surface area contributed by atoms with Crippen molar-refractivity contribution in [3.63, 3.8) is 0 Å². The summed E-state index contributed by atoms with van der Waals surface area (Å²) in [6.07, 6.45) is 0. The smallest absolute Gasteiger partial charge is 0.357 e. The quantitative estimate of drug-likeness (QED) is 0.869. The number of sulfonamides is 1. The summed E-state index contributed by atoms with van der Waals surface area (Å²) in [5, 5.41) is 8.85. The minimum Gasteiger partial charge on any atom is -0.495 e. The number of hydrogen-bond acceptors (Lipinski definition) is 6. The van der Waals surface area contributed by atoms with Crippen molar-refractivity contribution in [1.29, 1.82) is 0 Å². The van der Waals surface area contributed by atoms with E-state index in [0.29, 0.717) is 0 Å². The fourth-order valence-electron chi connectivity index (χ4n) is 1.49. The molecule has 1 heterocycles. The molecule has 0 spiro atoms. The average Bonchev–Trinajstić information content (AvgIpc) is 2.86. The van der Waals surface area contributed by atoms with Gasteiger partial charge in [0.15, 0.2) is 5.69 Å². The third-order valence-electron chi connectivity index (χ3n) is 2.36. The minimum absolute atomic E-state index is 0.0524. The van der Waals surface area contributed by atoms with Crippen molar-refractivity contribution in [2.75, 3.05) is 11.8 Å². The molecule has 2 rings (SSSR count). The van der Waals surface area contributed by atoms with Crippen molar-refractivity contribution in [2.45, 2.75) is 4.90 Å². The Bertz CT molecular complexity index is 739. The molecule has 0 saturated carbocycles. The number of aromatic carboxylic acids is 1. The van der Waals surface area contributed by atoms with E-state index in [0.717, 1.165) is 11.3 Å². The predicted octanol–water partition coefficient (Wildman–Crippen LogP) is 1.65. The van der Waals surface area contributed by atoms with E-state index in [1.54, 1.807) is 12.1 Å². The lowest BCUT2D eigenvalue weighted by molar-refractivity contribution is 0.0692. The van der Waals surface area contributed by atoms with Crippen molar-refractivity contribution in [3.8, 4) is 5.75 Å². The number of carboxylic acid groups (broad SMARTS) is 1. The van der Waals surface area contributed by atoms with Crippen LogP contribution in [-0.4, -0.2) is 31.6 Å². The van der Waals surface area contributed by atoms with Gasteiger partial charge in [0.2, 0.25) is 0 Å². The van der Waals surface area contributed by atoms with Crippen molar-refractivity contribution >= 4 is 32.3 Å². The van der Waals surface area contributed by atoms with E-state index in [4.69, 9.17) is 9.84 Å². The Hall–Kier alpha value is -2.13. The number of benzene rings is 1. The number of nitrogens with zero attached hydrogens (tertiary/aromatic N) is 1. The Labute approximate surface area is 118 Å². The molecule has 2 N–H and O–H groups in total. The Kier molecular flexibility index (Phi) is 3.91. The van der Waals surface area contributed by atoms with Gasteiger partial charge in [-0.25, -0.2) is 18.2 Å². The molecule has 0 radical (unpaired) electrons. The predicted molar refractivity (Wildman–Crippen MR) is 72.9 cm³/mol. The minimum atomic E-state index is -3.95. The van der Waals surface area contributed by atoms with Crippen LogP contribution in [0.4, 0.5) is 5.00 Å². The molecule has 7 nitrogen and oxygen atoms in total. The second kappa shape index (κ2) is 5.47. The van der Waals surface area contributed by atoms with Crippen LogP contribution in [0.25, 0.3) is 0 Å². The third-order valence-corrected chi connectivity index (χ3v) is 4.62. The van der Waals surface area contributed by atoms with Gasteiger partial charge < -0.3 is 9.84 Å². The summed E-state index contributed by atoms with van der Waals surface area (Å²) >= 11 is 0.890. The van der Waals surface area contributed by atoms with Crippen LogP contribution in [0.5, 0.6) is 5.75 Å². The topological polar surface area (TPSA) is 106 Å². The highest BCUT2D eigenvalue weighted by atomic mass is 32.2. The molecular formula is C11H10N2O5S2. The van der Waals surface area contributed by atoms with Crippen LogP contribution >= 0.6 is 11.3 Å². The van der Waals surface area contributed by atoms with E-state index in [2.05, 4.69) is 9.71 Å². The summed E-state index contributed by atoms with van der Waals surface area (Å²) in [7, 11) is -2.60. The molecule has 1 aromatic carbocycles. The van der Waals surface area contributed by atoms with Gasteiger partial charge in [0, 0.05) is 0 Å². The summed E-state index contributed by atoms with van der Waals surface area (Å²) in [5.74, 6) is -1.13. The van der Waals surface area contributed by atoms with Crippen molar-refractivity contribution in [2.24, 2.45) is 0 Å². The van der Waals surface area contributed by atoms with Crippen molar-refractivity contribution < 1.29 is 23.1 Å². The molecule has 1 aromatic heterocycles.